The Balaban J connectivity index is 2.06. The van der Waals surface area contributed by atoms with E-state index >= 15 is 0 Å². The highest BCUT2D eigenvalue weighted by Crippen LogP contribution is 2.27. The van der Waals surface area contributed by atoms with E-state index in [1.54, 1.807) is 0 Å². The molecule has 1 saturated carbocycles. The van der Waals surface area contributed by atoms with Gasteiger partial charge in [-0.25, -0.2) is 0 Å². The Hall–Kier alpha value is -0.0800. The summed E-state index contributed by atoms with van der Waals surface area (Å²) in [7, 11) is 0. The van der Waals surface area contributed by atoms with E-state index < -0.39 is 0 Å². The first-order chi connectivity index (χ1) is 6.37. The van der Waals surface area contributed by atoms with Gasteiger partial charge < -0.3 is 10.1 Å². The Morgan fingerprint density at radius 1 is 1.29 bits per heavy atom. The van der Waals surface area contributed by atoms with Crippen molar-refractivity contribution in [1.82, 2.24) is 5.32 Å². The molecule has 0 unspecified atom stereocenters. The van der Waals surface area contributed by atoms with Gasteiger partial charge in [-0.05, 0) is 46.1 Å². The number of nitrogens with one attached hydrogen (secondary N) is 1. The fourth-order valence-electron chi connectivity index (χ4n) is 1.73. The summed E-state index contributed by atoms with van der Waals surface area (Å²) >= 11 is 0. The maximum atomic E-state index is 5.87. The zero-order valence-corrected chi connectivity index (χ0v) is 10.3. The maximum absolute atomic E-state index is 5.87. The molecule has 0 radical (unpaired) electrons. The van der Waals surface area contributed by atoms with Crippen LogP contribution in [-0.4, -0.2) is 24.3 Å². The molecule has 84 valence electrons. The van der Waals surface area contributed by atoms with Gasteiger partial charge in [-0.15, -0.1) is 0 Å². The lowest BCUT2D eigenvalue weighted by Crippen LogP contribution is -2.48. The normalized spacial score (nSPS) is 27.9. The van der Waals surface area contributed by atoms with Crippen LogP contribution in [0.1, 0.15) is 47.5 Å². The van der Waals surface area contributed by atoms with Crippen LogP contribution < -0.4 is 5.32 Å². The summed E-state index contributed by atoms with van der Waals surface area (Å²) < 4.78 is 5.87. The lowest BCUT2D eigenvalue weighted by Gasteiger charge is -2.40. The van der Waals surface area contributed by atoms with Crippen molar-refractivity contribution >= 4 is 0 Å². The summed E-state index contributed by atoms with van der Waals surface area (Å²) in [4.78, 5) is 0. The van der Waals surface area contributed by atoms with E-state index in [0.29, 0.717) is 12.1 Å². The molecular formula is C12H25NO. The van der Waals surface area contributed by atoms with E-state index in [1.165, 1.54) is 12.8 Å². The number of hydrogen-bond donors (Lipinski definition) is 1. The van der Waals surface area contributed by atoms with Gasteiger partial charge in [0, 0.05) is 6.04 Å². The van der Waals surface area contributed by atoms with E-state index in [1.807, 2.05) is 0 Å². The summed E-state index contributed by atoms with van der Waals surface area (Å²) in [6.45, 7) is 12.0. The summed E-state index contributed by atoms with van der Waals surface area (Å²) in [5, 5.41) is 3.55. The smallest absolute Gasteiger partial charge is 0.0612 e. The minimum atomic E-state index is 0.0215. The van der Waals surface area contributed by atoms with Crippen LogP contribution >= 0.6 is 0 Å². The second-order valence-electron chi connectivity index (χ2n) is 5.82. The second kappa shape index (κ2) is 4.63. The third-order valence-electron chi connectivity index (χ3n) is 2.43. The third kappa shape index (κ3) is 4.43. The molecule has 2 heteroatoms. The predicted octanol–water partition coefficient (Wildman–Crippen LogP) is 2.58. The van der Waals surface area contributed by atoms with Crippen LogP contribution in [0.3, 0.4) is 0 Å². The molecule has 0 heterocycles. The van der Waals surface area contributed by atoms with Gasteiger partial charge in [-0.1, -0.05) is 13.8 Å². The Morgan fingerprint density at radius 3 is 2.29 bits per heavy atom. The van der Waals surface area contributed by atoms with E-state index in [9.17, 15) is 0 Å². The van der Waals surface area contributed by atoms with Crippen LogP contribution in [0.2, 0.25) is 0 Å². The van der Waals surface area contributed by atoms with E-state index in [-0.39, 0.29) is 5.60 Å². The zero-order valence-electron chi connectivity index (χ0n) is 10.3. The summed E-state index contributed by atoms with van der Waals surface area (Å²) in [6.07, 6.45) is 2.85. The first-order valence-corrected chi connectivity index (χ1v) is 5.78. The van der Waals surface area contributed by atoms with Gasteiger partial charge >= 0.3 is 0 Å². The van der Waals surface area contributed by atoms with Crippen molar-refractivity contribution in [3.8, 4) is 0 Å². The average Bonchev–Trinajstić information content (AvgIpc) is 1.90. The largest absolute Gasteiger partial charge is 0.373 e. The van der Waals surface area contributed by atoms with Gasteiger partial charge in [0.2, 0.25) is 0 Å². The molecular weight excluding hydrogens is 174 g/mol. The van der Waals surface area contributed by atoms with Crippen LogP contribution in [0, 0.1) is 5.92 Å². The molecule has 2 nitrogen and oxygen atoms in total. The molecule has 0 aromatic heterocycles. The zero-order chi connectivity index (χ0) is 10.8. The minimum absolute atomic E-state index is 0.0215. The predicted molar refractivity (Wildman–Crippen MR) is 60.5 cm³/mol. The summed E-state index contributed by atoms with van der Waals surface area (Å²) in [5.74, 6) is 0.748. The fourth-order valence-corrected chi connectivity index (χ4v) is 1.73. The number of hydrogen-bond acceptors (Lipinski definition) is 2. The van der Waals surface area contributed by atoms with Gasteiger partial charge in [0.15, 0.2) is 0 Å². The van der Waals surface area contributed by atoms with E-state index in [2.05, 4.69) is 39.9 Å². The van der Waals surface area contributed by atoms with Gasteiger partial charge in [-0.2, -0.15) is 0 Å². The van der Waals surface area contributed by atoms with Crippen LogP contribution in [0.25, 0.3) is 0 Å². The van der Waals surface area contributed by atoms with Gasteiger partial charge in [0.05, 0.1) is 11.7 Å². The van der Waals surface area contributed by atoms with Crippen LogP contribution in [0.15, 0.2) is 0 Å². The minimum Gasteiger partial charge on any atom is -0.373 e. The first kappa shape index (κ1) is 12.0. The molecule has 1 rings (SSSR count). The lowest BCUT2D eigenvalue weighted by molar-refractivity contribution is -0.102. The van der Waals surface area contributed by atoms with Crippen molar-refractivity contribution in [1.29, 1.82) is 0 Å². The number of ether oxygens (including phenoxy) is 1. The quantitative estimate of drug-likeness (QED) is 0.751. The maximum Gasteiger partial charge on any atom is 0.0612 e. The molecule has 0 saturated heterocycles. The SMILES string of the molecule is CC(C)CNC1CC(OC(C)(C)C)C1. The first-order valence-electron chi connectivity index (χ1n) is 5.78. The van der Waals surface area contributed by atoms with E-state index in [0.717, 1.165) is 12.5 Å². The monoisotopic (exact) mass is 199 g/mol. The molecule has 0 spiro atoms. The molecule has 1 fully saturated rings. The van der Waals surface area contributed by atoms with Gasteiger partial charge in [0.25, 0.3) is 0 Å². The molecule has 0 aliphatic heterocycles. The fraction of sp³-hybridized carbons (Fsp3) is 1.00. The highest BCUT2D eigenvalue weighted by molar-refractivity contribution is 4.87. The van der Waals surface area contributed by atoms with Gasteiger partial charge in [0.1, 0.15) is 0 Å². The Morgan fingerprint density at radius 2 is 1.86 bits per heavy atom. The van der Waals surface area contributed by atoms with Crippen LogP contribution in [0.5, 0.6) is 0 Å². The molecule has 0 aromatic carbocycles. The second-order valence-corrected chi connectivity index (χ2v) is 5.82. The topological polar surface area (TPSA) is 21.3 Å². The summed E-state index contributed by atoms with van der Waals surface area (Å²) in [6, 6.07) is 0.699. The molecule has 1 aliphatic rings. The van der Waals surface area contributed by atoms with Crippen molar-refractivity contribution in [2.24, 2.45) is 5.92 Å². The average molecular weight is 199 g/mol. The molecule has 1 N–H and O–H groups in total. The summed E-state index contributed by atoms with van der Waals surface area (Å²) in [5.41, 5.74) is 0.0215. The Labute approximate surface area is 88.4 Å². The molecule has 0 aromatic rings. The molecule has 0 bridgehead atoms. The molecule has 0 atom stereocenters. The molecule has 0 amide bonds. The van der Waals surface area contributed by atoms with Crippen molar-refractivity contribution < 1.29 is 4.74 Å². The van der Waals surface area contributed by atoms with Crippen molar-refractivity contribution in [2.75, 3.05) is 6.54 Å². The number of rotatable bonds is 4. The molecule has 1 aliphatic carbocycles. The molecule has 14 heavy (non-hydrogen) atoms. The lowest BCUT2D eigenvalue weighted by atomic mass is 9.88. The Kier molecular flexibility index (Phi) is 3.96. The van der Waals surface area contributed by atoms with Gasteiger partial charge in [-0.3, -0.25) is 0 Å². The Bertz CT molecular complexity index is 166. The van der Waals surface area contributed by atoms with E-state index in [4.69, 9.17) is 4.74 Å². The highest BCUT2D eigenvalue weighted by Gasteiger charge is 2.32. The third-order valence-corrected chi connectivity index (χ3v) is 2.43. The standard InChI is InChI=1S/C12H25NO/c1-9(2)8-13-10-6-11(7-10)14-12(3,4)5/h9-11,13H,6-8H2,1-5H3. The van der Waals surface area contributed by atoms with Crippen LogP contribution in [-0.2, 0) is 4.74 Å². The van der Waals surface area contributed by atoms with Crippen LogP contribution in [0.4, 0.5) is 0 Å². The van der Waals surface area contributed by atoms with Crippen molar-refractivity contribution in [2.45, 2.75) is 65.2 Å². The van der Waals surface area contributed by atoms with Crippen molar-refractivity contribution in [3.05, 3.63) is 0 Å². The van der Waals surface area contributed by atoms with Crippen molar-refractivity contribution in [3.63, 3.8) is 0 Å². The highest BCUT2D eigenvalue weighted by atomic mass is 16.5.